The second-order valence-corrected chi connectivity index (χ2v) is 4.58. The molecule has 0 aliphatic rings. The Balaban J connectivity index is 2.68. The summed E-state index contributed by atoms with van der Waals surface area (Å²) in [5.41, 5.74) is 0.970. The first-order valence-corrected chi connectivity index (χ1v) is 6.47. The van der Waals surface area contributed by atoms with E-state index in [1.165, 1.54) is 13.0 Å². The van der Waals surface area contributed by atoms with Crippen LogP contribution in [-0.2, 0) is 0 Å². The summed E-state index contributed by atoms with van der Waals surface area (Å²) in [5, 5.41) is 14.2. The highest BCUT2D eigenvalue weighted by Crippen LogP contribution is 2.31. The second kappa shape index (κ2) is 5.82. The molecule has 6 nitrogen and oxygen atoms in total. The minimum Gasteiger partial charge on any atom is -0.354 e. The van der Waals surface area contributed by atoms with Crippen molar-refractivity contribution in [1.29, 1.82) is 0 Å². The molecule has 1 aromatic heterocycles. The number of hydrogen-bond acceptors (Lipinski definition) is 5. The second-order valence-electron chi connectivity index (χ2n) is 4.58. The van der Waals surface area contributed by atoms with Crippen LogP contribution in [0.2, 0.25) is 0 Å². The molecule has 0 saturated heterocycles. The lowest BCUT2D eigenvalue weighted by atomic mass is 10.1. The Labute approximate surface area is 121 Å². The van der Waals surface area contributed by atoms with Gasteiger partial charge in [-0.2, -0.15) is 0 Å². The van der Waals surface area contributed by atoms with Gasteiger partial charge in [-0.25, -0.2) is 14.4 Å². The van der Waals surface area contributed by atoms with Crippen molar-refractivity contribution in [1.82, 2.24) is 9.97 Å². The predicted molar refractivity (Wildman–Crippen MR) is 77.7 cm³/mol. The monoisotopic (exact) mass is 290 g/mol. The van der Waals surface area contributed by atoms with Crippen LogP contribution in [0, 0.1) is 29.8 Å². The normalized spacial score (nSPS) is 10.5. The van der Waals surface area contributed by atoms with Gasteiger partial charge in [0.1, 0.15) is 11.5 Å². The molecule has 0 amide bonds. The van der Waals surface area contributed by atoms with Crippen LogP contribution in [0.15, 0.2) is 18.2 Å². The third kappa shape index (κ3) is 2.96. The Bertz CT molecular complexity index is 704. The maximum atomic E-state index is 13.7. The van der Waals surface area contributed by atoms with Crippen LogP contribution >= 0.6 is 0 Å². The van der Waals surface area contributed by atoms with Crippen molar-refractivity contribution in [3.05, 3.63) is 45.4 Å². The van der Waals surface area contributed by atoms with Crippen LogP contribution in [0.1, 0.15) is 18.2 Å². The zero-order chi connectivity index (χ0) is 15.6. The van der Waals surface area contributed by atoms with Gasteiger partial charge in [0.05, 0.1) is 4.92 Å². The van der Waals surface area contributed by atoms with Crippen molar-refractivity contribution in [3.8, 4) is 11.3 Å². The molecule has 2 aromatic rings. The minimum absolute atomic E-state index is 0.113. The average molecular weight is 290 g/mol. The smallest absolute Gasteiger partial charge is 0.316 e. The van der Waals surface area contributed by atoms with E-state index in [4.69, 9.17) is 0 Å². The third-order valence-electron chi connectivity index (χ3n) is 3.02. The lowest BCUT2D eigenvalue weighted by Gasteiger charge is -2.09. The predicted octanol–water partition coefficient (Wildman–Crippen LogP) is 3.24. The SMILES string of the molecule is CCNc1nc(C)c([N+](=O)[O-])c(-c2ccc(C)c(F)c2)n1. The largest absolute Gasteiger partial charge is 0.354 e. The Morgan fingerprint density at radius 3 is 2.62 bits per heavy atom. The van der Waals surface area contributed by atoms with Crippen LogP contribution in [-0.4, -0.2) is 21.4 Å². The van der Waals surface area contributed by atoms with Crippen LogP contribution in [0.4, 0.5) is 16.0 Å². The molecule has 0 unspecified atom stereocenters. The molecule has 0 fully saturated rings. The van der Waals surface area contributed by atoms with Crippen molar-refractivity contribution in [2.24, 2.45) is 0 Å². The molecule has 7 heteroatoms. The fourth-order valence-electron chi connectivity index (χ4n) is 1.96. The summed E-state index contributed by atoms with van der Waals surface area (Å²) in [6.45, 7) is 5.61. The summed E-state index contributed by atoms with van der Waals surface area (Å²) in [6.07, 6.45) is 0. The van der Waals surface area contributed by atoms with Gasteiger partial charge in [0.25, 0.3) is 0 Å². The van der Waals surface area contributed by atoms with Crippen molar-refractivity contribution in [3.63, 3.8) is 0 Å². The van der Waals surface area contributed by atoms with Gasteiger partial charge in [0.2, 0.25) is 5.95 Å². The summed E-state index contributed by atoms with van der Waals surface area (Å²) in [4.78, 5) is 18.9. The molecule has 1 N–H and O–H groups in total. The molecule has 0 bridgehead atoms. The number of anilines is 1. The van der Waals surface area contributed by atoms with Crippen molar-refractivity contribution in [2.75, 3.05) is 11.9 Å². The fraction of sp³-hybridized carbons (Fsp3) is 0.286. The number of aryl methyl sites for hydroxylation is 2. The molecule has 1 aromatic carbocycles. The lowest BCUT2D eigenvalue weighted by molar-refractivity contribution is -0.385. The van der Waals surface area contributed by atoms with Gasteiger partial charge in [-0.3, -0.25) is 10.1 Å². The molecular formula is C14H15FN4O2. The third-order valence-corrected chi connectivity index (χ3v) is 3.02. The van der Waals surface area contributed by atoms with E-state index < -0.39 is 10.7 Å². The van der Waals surface area contributed by atoms with Gasteiger partial charge < -0.3 is 5.32 Å². The van der Waals surface area contributed by atoms with Crippen LogP contribution in [0.5, 0.6) is 0 Å². The molecule has 0 saturated carbocycles. The van der Waals surface area contributed by atoms with E-state index in [-0.39, 0.29) is 23.0 Å². The van der Waals surface area contributed by atoms with Crippen LogP contribution in [0.3, 0.4) is 0 Å². The van der Waals surface area contributed by atoms with Gasteiger partial charge in [-0.1, -0.05) is 12.1 Å². The number of rotatable bonds is 4. The summed E-state index contributed by atoms with van der Waals surface area (Å²) < 4.78 is 13.7. The molecule has 0 atom stereocenters. The summed E-state index contributed by atoms with van der Waals surface area (Å²) in [6, 6.07) is 4.43. The van der Waals surface area contributed by atoms with Crippen LogP contribution < -0.4 is 5.32 Å². The number of hydrogen-bond donors (Lipinski definition) is 1. The van der Waals surface area contributed by atoms with Crippen molar-refractivity contribution < 1.29 is 9.31 Å². The van der Waals surface area contributed by atoms with Gasteiger partial charge in [0, 0.05) is 12.1 Å². The fourth-order valence-corrected chi connectivity index (χ4v) is 1.96. The first-order chi connectivity index (χ1) is 9.93. The average Bonchev–Trinajstić information content (AvgIpc) is 2.41. The molecule has 1 heterocycles. The van der Waals surface area contributed by atoms with Crippen molar-refractivity contribution in [2.45, 2.75) is 20.8 Å². The quantitative estimate of drug-likeness (QED) is 0.690. The first kappa shape index (κ1) is 14.8. The highest BCUT2D eigenvalue weighted by molar-refractivity contribution is 5.72. The summed E-state index contributed by atoms with van der Waals surface area (Å²) in [7, 11) is 0. The minimum atomic E-state index is -0.543. The highest BCUT2D eigenvalue weighted by atomic mass is 19.1. The molecule has 110 valence electrons. The Morgan fingerprint density at radius 1 is 1.33 bits per heavy atom. The Kier molecular flexibility index (Phi) is 4.11. The summed E-state index contributed by atoms with van der Waals surface area (Å²) in [5.74, 6) is -0.139. The number of aromatic nitrogens is 2. The topological polar surface area (TPSA) is 81.0 Å². The lowest BCUT2D eigenvalue weighted by Crippen LogP contribution is -2.07. The van der Waals surface area contributed by atoms with Gasteiger partial charge >= 0.3 is 5.69 Å². The Morgan fingerprint density at radius 2 is 2.05 bits per heavy atom. The van der Waals surface area contributed by atoms with E-state index in [0.29, 0.717) is 17.7 Å². The number of halogens is 1. The van der Waals surface area contributed by atoms with Crippen LogP contribution in [0.25, 0.3) is 11.3 Å². The van der Waals surface area contributed by atoms with E-state index in [9.17, 15) is 14.5 Å². The van der Waals surface area contributed by atoms with E-state index >= 15 is 0 Å². The number of nitrogens with one attached hydrogen (secondary N) is 1. The molecule has 0 radical (unpaired) electrons. The van der Waals surface area contributed by atoms with E-state index in [2.05, 4.69) is 15.3 Å². The molecule has 2 rings (SSSR count). The first-order valence-electron chi connectivity index (χ1n) is 6.47. The standard InChI is InChI=1S/C14H15FN4O2/c1-4-16-14-17-9(3)13(19(20)21)12(18-14)10-6-5-8(2)11(15)7-10/h5-7H,4H2,1-3H3,(H,16,17,18). The highest BCUT2D eigenvalue weighted by Gasteiger charge is 2.23. The maximum Gasteiger partial charge on any atom is 0.316 e. The van der Waals surface area contributed by atoms with Gasteiger partial charge in [-0.05, 0) is 32.4 Å². The zero-order valence-corrected chi connectivity index (χ0v) is 12.0. The number of benzene rings is 1. The zero-order valence-electron chi connectivity index (χ0n) is 12.0. The maximum absolute atomic E-state index is 13.7. The molecule has 0 spiro atoms. The Hall–Kier alpha value is -2.57. The molecule has 0 aliphatic carbocycles. The van der Waals surface area contributed by atoms with Gasteiger partial charge in [0.15, 0.2) is 5.69 Å². The van der Waals surface area contributed by atoms with E-state index in [1.54, 1.807) is 19.1 Å². The molecule has 21 heavy (non-hydrogen) atoms. The molecule has 0 aliphatic heterocycles. The van der Waals surface area contributed by atoms with E-state index in [0.717, 1.165) is 0 Å². The van der Waals surface area contributed by atoms with Gasteiger partial charge in [-0.15, -0.1) is 0 Å². The van der Waals surface area contributed by atoms with Crippen molar-refractivity contribution >= 4 is 11.6 Å². The summed E-state index contributed by atoms with van der Waals surface area (Å²) >= 11 is 0. The number of nitro groups is 1. The number of nitrogens with zero attached hydrogens (tertiary/aromatic N) is 3. The van der Waals surface area contributed by atoms with E-state index in [1.807, 2.05) is 6.92 Å². The molecular weight excluding hydrogens is 275 g/mol.